The molecule has 0 radical (unpaired) electrons. The lowest BCUT2D eigenvalue weighted by molar-refractivity contribution is 0.351. The maximum absolute atomic E-state index is 11.7. The summed E-state index contributed by atoms with van der Waals surface area (Å²) in [4.78, 5) is 22.4. The molecular formula is C16H20N4O. The minimum Gasteiger partial charge on any atom is -0.371 e. The predicted molar refractivity (Wildman–Crippen MR) is 82.4 cm³/mol. The van der Waals surface area contributed by atoms with E-state index >= 15 is 0 Å². The third kappa shape index (κ3) is 3.29. The fraction of sp³-hybridized carbons (Fsp3) is 0.438. The summed E-state index contributed by atoms with van der Waals surface area (Å²) in [5.41, 5.74) is 2.34. The van der Waals surface area contributed by atoms with E-state index in [4.69, 9.17) is 0 Å². The Morgan fingerprint density at radius 2 is 2.05 bits per heavy atom. The average molecular weight is 284 g/mol. The smallest absolute Gasteiger partial charge is 0.253 e. The quantitative estimate of drug-likeness (QED) is 0.863. The van der Waals surface area contributed by atoms with Crippen molar-refractivity contribution in [1.82, 2.24) is 14.5 Å². The summed E-state index contributed by atoms with van der Waals surface area (Å²) >= 11 is 0. The molecule has 1 aliphatic heterocycles. The zero-order valence-electron chi connectivity index (χ0n) is 12.3. The maximum atomic E-state index is 11.7. The van der Waals surface area contributed by atoms with Gasteiger partial charge in [-0.2, -0.15) is 0 Å². The Bertz CT molecular complexity index is 659. The van der Waals surface area contributed by atoms with Gasteiger partial charge in [0, 0.05) is 49.5 Å². The van der Waals surface area contributed by atoms with E-state index in [1.165, 1.54) is 11.8 Å². The molecule has 2 aromatic rings. The van der Waals surface area contributed by atoms with Gasteiger partial charge in [0.1, 0.15) is 0 Å². The number of rotatable bonds is 3. The number of anilines is 1. The molecule has 0 bridgehead atoms. The molecule has 0 aliphatic carbocycles. The van der Waals surface area contributed by atoms with Crippen molar-refractivity contribution >= 4 is 5.69 Å². The van der Waals surface area contributed by atoms with E-state index < -0.39 is 0 Å². The third-order valence-electron chi connectivity index (χ3n) is 4.11. The van der Waals surface area contributed by atoms with Crippen LogP contribution in [-0.4, -0.2) is 27.6 Å². The van der Waals surface area contributed by atoms with Crippen molar-refractivity contribution < 1.29 is 0 Å². The van der Waals surface area contributed by atoms with Crippen molar-refractivity contribution in [2.75, 3.05) is 18.0 Å². The lowest BCUT2D eigenvalue weighted by Gasteiger charge is -2.33. The molecule has 0 saturated carbocycles. The van der Waals surface area contributed by atoms with Crippen LogP contribution in [0.25, 0.3) is 0 Å². The molecule has 0 aromatic carbocycles. The van der Waals surface area contributed by atoms with E-state index in [0.717, 1.165) is 38.2 Å². The van der Waals surface area contributed by atoms with E-state index in [0.29, 0.717) is 5.92 Å². The number of aryl methyl sites for hydroxylation is 1. The van der Waals surface area contributed by atoms with E-state index in [2.05, 4.69) is 27.0 Å². The van der Waals surface area contributed by atoms with E-state index in [-0.39, 0.29) is 5.56 Å². The monoisotopic (exact) mass is 284 g/mol. The molecule has 3 heterocycles. The zero-order valence-corrected chi connectivity index (χ0v) is 12.3. The Balaban J connectivity index is 1.61. The molecule has 1 aliphatic rings. The molecule has 21 heavy (non-hydrogen) atoms. The Morgan fingerprint density at radius 1 is 1.24 bits per heavy atom. The van der Waals surface area contributed by atoms with Crippen LogP contribution in [0.15, 0.2) is 41.7 Å². The van der Waals surface area contributed by atoms with Gasteiger partial charge in [-0.15, -0.1) is 0 Å². The molecule has 0 spiro atoms. The van der Waals surface area contributed by atoms with Gasteiger partial charge >= 0.3 is 0 Å². The highest BCUT2D eigenvalue weighted by Gasteiger charge is 2.20. The van der Waals surface area contributed by atoms with Crippen LogP contribution >= 0.6 is 0 Å². The lowest BCUT2D eigenvalue weighted by atomic mass is 9.96. The van der Waals surface area contributed by atoms with Crippen LogP contribution in [0.2, 0.25) is 0 Å². The molecule has 1 fully saturated rings. The molecular weight excluding hydrogens is 264 g/mol. The molecule has 5 nitrogen and oxygen atoms in total. The topological polar surface area (TPSA) is 51.0 Å². The lowest BCUT2D eigenvalue weighted by Crippen LogP contribution is -2.36. The molecule has 0 N–H and O–H groups in total. The molecule has 1 saturated heterocycles. The normalized spacial score (nSPS) is 16.1. The van der Waals surface area contributed by atoms with Gasteiger partial charge in [-0.05, 0) is 37.8 Å². The Hall–Kier alpha value is -2.17. The molecule has 0 amide bonds. The van der Waals surface area contributed by atoms with Crippen LogP contribution in [0.4, 0.5) is 5.69 Å². The van der Waals surface area contributed by atoms with Crippen molar-refractivity contribution in [2.45, 2.75) is 26.3 Å². The first-order valence-electron chi connectivity index (χ1n) is 7.40. The summed E-state index contributed by atoms with van der Waals surface area (Å²) in [6, 6.07) is 5.72. The van der Waals surface area contributed by atoms with E-state index in [1.54, 1.807) is 17.1 Å². The molecule has 5 heteroatoms. The molecule has 0 unspecified atom stereocenters. The maximum Gasteiger partial charge on any atom is 0.253 e. The zero-order chi connectivity index (χ0) is 14.7. The number of nitrogens with zero attached hydrogens (tertiary/aromatic N) is 4. The number of pyridine rings is 1. The molecule has 2 aromatic heterocycles. The summed E-state index contributed by atoms with van der Waals surface area (Å²) in [7, 11) is 0. The van der Waals surface area contributed by atoms with Gasteiger partial charge in [-0.25, -0.2) is 4.98 Å². The summed E-state index contributed by atoms with van der Waals surface area (Å²) < 4.78 is 1.72. The molecule has 110 valence electrons. The second-order valence-electron chi connectivity index (χ2n) is 5.66. The highest BCUT2D eigenvalue weighted by atomic mass is 16.1. The first-order chi connectivity index (χ1) is 10.2. The van der Waals surface area contributed by atoms with Crippen LogP contribution in [-0.2, 0) is 6.54 Å². The first-order valence-corrected chi connectivity index (χ1v) is 7.40. The van der Waals surface area contributed by atoms with Crippen LogP contribution in [0, 0.1) is 12.8 Å². The number of hydrogen-bond acceptors (Lipinski definition) is 4. The summed E-state index contributed by atoms with van der Waals surface area (Å²) in [6.07, 6.45) is 7.26. The van der Waals surface area contributed by atoms with Gasteiger partial charge in [0.25, 0.3) is 5.56 Å². The van der Waals surface area contributed by atoms with Crippen LogP contribution < -0.4 is 10.5 Å². The predicted octanol–water partition coefficient (Wildman–Crippen LogP) is 1.86. The summed E-state index contributed by atoms with van der Waals surface area (Å²) in [6.45, 7) is 4.85. The van der Waals surface area contributed by atoms with E-state index in [9.17, 15) is 4.79 Å². The highest BCUT2D eigenvalue weighted by molar-refractivity contribution is 5.46. The van der Waals surface area contributed by atoms with Crippen LogP contribution in [0.5, 0.6) is 0 Å². The highest BCUT2D eigenvalue weighted by Crippen LogP contribution is 2.24. The largest absolute Gasteiger partial charge is 0.371 e. The Labute approximate surface area is 124 Å². The van der Waals surface area contributed by atoms with Gasteiger partial charge < -0.3 is 4.90 Å². The second-order valence-corrected chi connectivity index (χ2v) is 5.66. The van der Waals surface area contributed by atoms with Crippen molar-refractivity contribution in [3.05, 3.63) is 53.0 Å². The van der Waals surface area contributed by atoms with Crippen molar-refractivity contribution in [3.63, 3.8) is 0 Å². The first kappa shape index (κ1) is 13.8. The SMILES string of the molecule is Cc1cc(N2CCC(Cn3cnccc3=O)CC2)ccn1. The Kier molecular flexibility index (Phi) is 3.99. The molecule has 0 atom stereocenters. The Morgan fingerprint density at radius 3 is 2.76 bits per heavy atom. The standard InChI is InChI=1S/C16H20N4O/c1-13-10-15(2-7-18-13)19-8-4-14(5-9-19)11-20-12-17-6-3-16(20)21/h2-3,6-7,10,12,14H,4-5,8-9,11H2,1H3. The van der Waals surface area contributed by atoms with Crippen LogP contribution in [0.1, 0.15) is 18.5 Å². The average Bonchev–Trinajstić information content (AvgIpc) is 2.50. The minimum atomic E-state index is 0.0391. The van der Waals surface area contributed by atoms with Gasteiger partial charge in [0.15, 0.2) is 0 Å². The van der Waals surface area contributed by atoms with Crippen molar-refractivity contribution in [2.24, 2.45) is 5.92 Å². The van der Waals surface area contributed by atoms with Crippen molar-refractivity contribution in [1.29, 1.82) is 0 Å². The van der Waals surface area contributed by atoms with Crippen molar-refractivity contribution in [3.8, 4) is 0 Å². The van der Waals surface area contributed by atoms with Gasteiger partial charge in [0.2, 0.25) is 0 Å². The van der Waals surface area contributed by atoms with Gasteiger partial charge in [0.05, 0.1) is 6.33 Å². The summed E-state index contributed by atoms with van der Waals surface area (Å²) in [5.74, 6) is 0.547. The summed E-state index contributed by atoms with van der Waals surface area (Å²) in [5, 5.41) is 0. The fourth-order valence-corrected chi connectivity index (χ4v) is 2.89. The fourth-order valence-electron chi connectivity index (χ4n) is 2.89. The second kappa shape index (κ2) is 6.08. The third-order valence-corrected chi connectivity index (χ3v) is 4.11. The van der Waals surface area contributed by atoms with Gasteiger partial charge in [-0.1, -0.05) is 0 Å². The number of hydrogen-bond donors (Lipinski definition) is 0. The van der Waals surface area contributed by atoms with Gasteiger partial charge in [-0.3, -0.25) is 14.3 Å². The number of piperidine rings is 1. The molecule has 3 rings (SSSR count). The minimum absolute atomic E-state index is 0.0391. The van der Waals surface area contributed by atoms with E-state index in [1.807, 2.05) is 13.1 Å². The number of aromatic nitrogens is 3. The van der Waals surface area contributed by atoms with Crippen LogP contribution in [0.3, 0.4) is 0 Å².